The predicted octanol–water partition coefficient (Wildman–Crippen LogP) is 0.768. The van der Waals surface area contributed by atoms with Gasteiger partial charge in [-0.3, -0.25) is 0 Å². The fourth-order valence-electron chi connectivity index (χ4n) is 1.19. The first-order valence-electron chi connectivity index (χ1n) is 3.63. The molecule has 0 spiro atoms. The summed E-state index contributed by atoms with van der Waals surface area (Å²) in [4.78, 5) is 0. The summed E-state index contributed by atoms with van der Waals surface area (Å²) in [7, 11) is 0. The molecule has 4 heteroatoms. The molecule has 0 bridgehead atoms. The van der Waals surface area contributed by atoms with Crippen LogP contribution in [0.4, 0.5) is 0 Å². The zero-order chi connectivity index (χ0) is 7.40. The minimum atomic E-state index is -1.17. The van der Waals surface area contributed by atoms with E-state index in [0.717, 1.165) is 21.4 Å². The molecule has 1 fully saturated rings. The Hall–Kier alpha value is 0.610. The summed E-state index contributed by atoms with van der Waals surface area (Å²) in [6, 6.07) is 0. The van der Waals surface area contributed by atoms with Gasteiger partial charge in [0.05, 0.1) is 0 Å². The molecule has 0 aromatic heterocycles. The van der Waals surface area contributed by atoms with Crippen molar-refractivity contribution in [1.29, 1.82) is 0 Å². The zero-order valence-corrected chi connectivity index (χ0v) is 8.39. The van der Waals surface area contributed by atoms with Crippen molar-refractivity contribution in [1.82, 2.24) is 9.01 Å². The molecular weight excluding hydrogens is 243 g/mol. The molecule has 3 nitrogen and oxygen atoms in total. The first-order valence-corrected chi connectivity index (χ1v) is 7.48. The maximum absolute atomic E-state index is 8.78. The average Bonchev–Trinajstić information content (AvgIpc) is 2.43. The van der Waals surface area contributed by atoms with Crippen molar-refractivity contribution in [3.8, 4) is 0 Å². The predicted molar refractivity (Wildman–Crippen MR) is 50.8 cm³/mol. The molecule has 1 atom stereocenters. The summed E-state index contributed by atoms with van der Waals surface area (Å²) in [5.74, 6) is 0. The van der Waals surface area contributed by atoms with E-state index in [1.807, 2.05) is 0 Å². The molecule has 0 aromatic rings. The van der Waals surface area contributed by atoms with Gasteiger partial charge in [-0.25, -0.2) is 0 Å². The summed E-state index contributed by atoms with van der Waals surface area (Å²) in [6.07, 6.45) is 1.26. The maximum atomic E-state index is 8.78. The number of alkyl halides is 2. The molecule has 1 unspecified atom stereocenters. The Morgan fingerprint density at radius 2 is 2.60 bits per heavy atom. The minimum absolute atomic E-state index is 0.777. The number of nitrogens with one attached hydrogen (secondary N) is 2. The van der Waals surface area contributed by atoms with Crippen LogP contribution in [0.15, 0.2) is 0 Å². The van der Waals surface area contributed by atoms with E-state index in [0.29, 0.717) is 0 Å². The molecule has 1 heterocycles. The standard InChI is InChI=1S/C6H15IN2O/c1-2-7(9-10)6-3-4-8-5-6/h6,8-10H,2-5H2,1H3. The first kappa shape index (κ1) is 8.70. The molecule has 10 heavy (non-hydrogen) atoms. The quantitative estimate of drug-likeness (QED) is 0.303. The molecular formula is C6H15IN2O. The summed E-state index contributed by atoms with van der Waals surface area (Å²) < 4.78 is 4.45. The van der Waals surface area contributed by atoms with Gasteiger partial charge in [0.2, 0.25) is 0 Å². The third-order valence-electron chi connectivity index (χ3n) is 1.77. The number of halogens is 1. The third kappa shape index (κ3) is 2.05. The van der Waals surface area contributed by atoms with Gasteiger partial charge < -0.3 is 0 Å². The molecule has 62 valence electrons. The SMILES string of the molecule is CCI(NO)C1CCNC1. The molecule has 1 saturated heterocycles. The summed E-state index contributed by atoms with van der Waals surface area (Å²) in [5.41, 5.74) is 0. The van der Waals surface area contributed by atoms with Crippen LogP contribution < -0.4 is 9.01 Å². The van der Waals surface area contributed by atoms with Crippen molar-refractivity contribution in [3.63, 3.8) is 0 Å². The molecule has 0 amide bonds. The van der Waals surface area contributed by atoms with E-state index in [2.05, 4.69) is 15.9 Å². The number of rotatable bonds is 3. The van der Waals surface area contributed by atoms with Gasteiger partial charge in [0, 0.05) is 0 Å². The Labute approximate surface area is 69.3 Å². The number of hydrogen-bond donors (Lipinski definition) is 3. The molecule has 3 N–H and O–H groups in total. The van der Waals surface area contributed by atoms with Gasteiger partial charge in [0.1, 0.15) is 0 Å². The van der Waals surface area contributed by atoms with E-state index < -0.39 is 20.1 Å². The van der Waals surface area contributed by atoms with Crippen LogP contribution in [0.5, 0.6) is 0 Å². The van der Waals surface area contributed by atoms with Gasteiger partial charge in [-0.05, 0) is 0 Å². The monoisotopic (exact) mass is 258 g/mol. The molecule has 0 saturated carbocycles. The summed E-state index contributed by atoms with van der Waals surface area (Å²) >= 11 is -1.17. The molecule has 0 aliphatic carbocycles. The van der Waals surface area contributed by atoms with E-state index in [9.17, 15) is 0 Å². The van der Waals surface area contributed by atoms with Gasteiger partial charge in [0.15, 0.2) is 0 Å². The second-order valence-corrected chi connectivity index (χ2v) is 8.37. The van der Waals surface area contributed by atoms with E-state index >= 15 is 0 Å². The third-order valence-corrected chi connectivity index (χ3v) is 7.22. The van der Waals surface area contributed by atoms with Crippen LogP contribution in [0.2, 0.25) is 0 Å². The number of hydrogen-bond acceptors (Lipinski definition) is 3. The van der Waals surface area contributed by atoms with Crippen molar-refractivity contribution in [3.05, 3.63) is 0 Å². The fraction of sp³-hybridized carbons (Fsp3) is 1.00. The van der Waals surface area contributed by atoms with Crippen LogP contribution in [0.1, 0.15) is 13.3 Å². The van der Waals surface area contributed by atoms with Crippen molar-refractivity contribution in [2.75, 3.05) is 17.5 Å². The summed E-state index contributed by atoms with van der Waals surface area (Å²) in [5, 5.41) is 12.1. The van der Waals surface area contributed by atoms with Crippen LogP contribution in [0, 0.1) is 0 Å². The van der Waals surface area contributed by atoms with Crippen molar-refractivity contribution >= 4 is 20.1 Å². The van der Waals surface area contributed by atoms with Gasteiger partial charge in [-0.15, -0.1) is 0 Å². The van der Waals surface area contributed by atoms with E-state index in [1.54, 1.807) is 0 Å². The Kier molecular flexibility index (Phi) is 3.90. The Balaban J connectivity index is 2.29. The van der Waals surface area contributed by atoms with Crippen LogP contribution >= 0.6 is 20.1 Å². The van der Waals surface area contributed by atoms with Gasteiger partial charge >= 0.3 is 69.1 Å². The summed E-state index contributed by atoms with van der Waals surface area (Å²) in [6.45, 7) is 4.42. The molecule has 1 rings (SSSR count). The Morgan fingerprint density at radius 1 is 1.80 bits per heavy atom. The van der Waals surface area contributed by atoms with Crippen LogP contribution in [0.3, 0.4) is 0 Å². The van der Waals surface area contributed by atoms with Gasteiger partial charge in [-0.2, -0.15) is 0 Å². The van der Waals surface area contributed by atoms with Gasteiger partial charge in [0.25, 0.3) is 0 Å². The van der Waals surface area contributed by atoms with Crippen LogP contribution in [-0.2, 0) is 0 Å². The molecule has 1 aliphatic heterocycles. The Morgan fingerprint density at radius 3 is 3.00 bits per heavy atom. The second kappa shape index (κ2) is 4.48. The van der Waals surface area contributed by atoms with Gasteiger partial charge in [-0.1, -0.05) is 0 Å². The van der Waals surface area contributed by atoms with E-state index in [1.165, 1.54) is 6.42 Å². The van der Waals surface area contributed by atoms with Crippen molar-refractivity contribution in [2.24, 2.45) is 0 Å². The first-order chi connectivity index (χ1) is 4.88. The second-order valence-electron chi connectivity index (χ2n) is 2.34. The van der Waals surface area contributed by atoms with Crippen molar-refractivity contribution < 1.29 is 5.21 Å². The zero-order valence-electron chi connectivity index (χ0n) is 6.23. The fourth-order valence-corrected chi connectivity index (χ4v) is 5.08. The normalized spacial score (nSPS) is 27.0. The van der Waals surface area contributed by atoms with Crippen LogP contribution in [-0.4, -0.2) is 26.6 Å². The topological polar surface area (TPSA) is 44.3 Å². The molecule has 1 aliphatic rings. The van der Waals surface area contributed by atoms with E-state index in [4.69, 9.17) is 5.21 Å². The van der Waals surface area contributed by atoms with E-state index in [-0.39, 0.29) is 0 Å². The molecule has 0 radical (unpaired) electrons. The average molecular weight is 258 g/mol. The van der Waals surface area contributed by atoms with Crippen molar-refractivity contribution in [2.45, 2.75) is 17.3 Å². The molecule has 0 aromatic carbocycles. The Bertz CT molecular complexity index is 91.7. The van der Waals surface area contributed by atoms with Crippen LogP contribution in [0.25, 0.3) is 0 Å².